The Kier molecular flexibility index (Phi) is 9.09. The summed E-state index contributed by atoms with van der Waals surface area (Å²) in [6, 6.07) is 6.78. The van der Waals surface area contributed by atoms with Crippen molar-refractivity contribution in [2.24, 2.45) is 0 Å². The molecule has 2 atom stereocenters. The molecule has 1 amide bonds. The van der Waals surface area contributed by atoms with Gasteiger partial charge in [0.15, 0.2) is 5.65 Å². The molecular weight excluding hydrogens is 552 g/mol. The first-order valence-corrected chi connectivity index (χ1v) is 18.3. The van der Waals surface area contributed by atoms with Crippen LogP contribution in [0.1, 0.15) is 31.7 Å². The monoisotopic (exact) mass is 594 g/mol. The zero-order valence-electron chi connectivity index (χ0n) is 25.2. The number of amides is 1. The molecule has 42 heavy (non-hydrogen) atoms. The second-order valence-electron chi connectivity index (χ2n) is 12.3. The van der Waals surface area contributed by atoms with E-state index in [2.05, 4.69) is 45.9 Å². The van der Waals surface area contributed by atoms with Gasteiger partial charge in [-0.15, -0.1) is 0 Å². The van der Waals surface area contributed by atoms with E-state index >= 15 is 0 Å². The number of anilines is 2. The lowest BCUT2D eigenvalue weighted by Crippen LogP contribution is -2.58. The van der Waals surface area contributed by atoms with Crippen LogP contribution < -0.4 is 10.2 Å². The van der Waals surface area contributed by atoms with Crippen LogP contribution in [0.4, 0.5) is 16.4 Å². The summed E-state index contributed by atoms with van der Waals surface area (Å²) < 4.78 is 13.4. The molecule has 0 aromatic carbocycles. The third kappa shape index (κ3) is 6.90. The van der Waals surface area contributed by atoms with E-state index < -0.39 is 14.2 Å². The average Bonchev–Trinajstić information content (AvgIpc) is 3.33. The van der Waals surface area contributed by atoms with Gasteiger partial charge in [-0.05, 0) is 44.0 Å². The minimum Gasteiger partial charge on any atom is -0.465 e. The second kappa shape index (κ2) is 12.8. The van der Waals surface area contributed by atoms with Crippen LogP contribution in [0, 0.1) is 0 Å². The largest absolute Gasteiger partial charge is 0.465 e. The summed E-state index contributed by atoms with van der Waals surface area (Å²) in [5.74, 6) is 1.53. The minimum atomic E-state index is -1.20. The Morgan fingerprint density at radius 3 is 2.67 bits per heavy atom. The van der Waals surface area contributed by atoms with Crippen LogP contribution in [0.15, 0.2) is 30.6 Å². The molecule has 5 rings (SSSR count). The van der Waals surface area contributed by atoms with E-state index in [9.17, 15) is 9.90 Å². The quantitative estimate of drug-likeness (QED) is 0.255. The molecule has 0 radical (unpaired) electrons. The van der Waals surface area contributed by atoms with Crippen LogP contribution in [0.5, 0.6) is 0 Å². The number of fused-ring (bicyclic) bond motifs is 1. The summed E-state index contributed by atoms with van der Waals surface area (Å²) in [5, 5.41) is 18.9. The summed E-state index contributed by atoms with van der Waals surface area (Å²) in [6.45, 7) is 14.8. The molecule has 0 bridgehead atoms. The van der Waals surface area contributed by atoms with Crippen LogP contribution in [0.2, 0.25) is 25.7 Å². The molecule has 3 aromatic rings. The van der Waals surface area contributed by atoms with Crippen molar-refractivity contribution in [3.8, 4) is 0 Å². The van der Waals surface area contributed by atoms with Crippen molar-refractivity contribution in [1.29, 1.82) is 0 Å². The number of hydrogen-bond donors (Lipinski definition) is 2. The summed E-state index contributed by atoms with van der Waals surface area (Å²) in [5.41, 5.74) is 3.55. The SMILES string of the molecule is C[C@@H]1CN(c2cccc(CNc3ncnc4c3c(C3=CCOCC3)nn4COCC[Si](C)(C)C)n2)C[C@H](C)N1C(=O)O. The Balaban J connectivity index is 1.36. The van der Waals surface area contributed by atoms with Gasteiger partial charge in [-0.2, -0.15) is 5.10 Å². The fraction of sp³-hybridized carbons (Fsp3) is 0.552. The van der Waals surface area contributed by atoms with E-state index in [4.69, 9.17) is 19.6 Å². The summed E-state index contributed by atoms with van der Waals surface area (Å²) in [6.07, 6.45) is 3.53. The number of rotatable bonds is 10. The van der Waals surface area contributed by atoms with Crippen molar-refractivity contribution in [1.82, 2.24) is 29.6 Å². The van der Waals surface area contributed by atoms with Crippen molar-refractivity contribution in [3.63, 3.8) is 0 Å². The molecule has 0 unspecified atom stereocenters. The third-order valence-electron chi connectivity index (χ3n) is 7.70. The van der Waals surface area contributed by atoms with Crippen LogP contribution in [0.3, 0.4) is 0 Å². The van der Waals surface area contributed by atoms with Gasteiger partial charge in [0.05, 0.1) is 42.9 Å². The number of nitrogens with one attached hydrogen (secondary N) is 1. The molecule has 1 saturated heterocycles. The molecule has 2 aliphatic heterocycles. The molecule has 0 saturated carbocycles. The standard InChI is InChI=1S/C29H42N8O4Si/c1-20-16-35(17-21(2)37(20)29(38)39)24-8-6-7-23(33-24)15-30-27-25-26(22-9-11-40-12-10-22)34-36(28(25)32-18-31-27)19-41-13-14-42(3,4)5/h6-9,18,20-21H,10-17,19H2,1-5H3,(H,38,39)(H,30,31,32)/t20-,21+. The predicted molar refractivity (Wildman–Crippen MR) is 165 cm³/mol. The van der Waals surface area contributed by atoms with Crippen LogP contribution in [0.25, 0.3) is 16.6 Å². The summed E-state index contributed by atoms with van der Waals surface area (Å²) in [4.78, 5) is 29.5. The van der Waals surface area contributed by atoms with Crippen molar-refractivity contribution < 1.29 is 19.4 Å². The van der Waals surface area contributed by atoms with Gasteiger partial charge < -0.3 is 24.8 Å². The highest BCUT2D eigenvalue weighted by Crippen LogP contribution is 2.32. The molecule has 13 heteroatoms. The fourth-order valence-corrected chi connectivity index (χ4v) is 6.29. The van der Waals surface area contributed by atoms with E-state index in [0.717, 1.165) is 46.3 Å². The number of carboxylic acid groups (broad SMARTS) is 1. The lowest BCUT2D eigenvalue weighted by molar-refractivity contribution is 0.0811. The molecule has 2 aliphatic rings. The van der Waals surface area contributed by atoms with Crippen LogP contribution >= 0.6 is 0 Å². The Labute approximate surface area is 247 Å². The Morgan fingerprint density at radius 2 is 1.98 bits per heavy atom. The maximum Gasteiger partial charge on any atom is 0.407 e. The number of nitrogens with zero attached hydrogens (tertiary/aromatic N) is 7. The molecular formula is C29H42N8O4Si. The number of carbonyl (C=O) groups is 1. The number of ether oxygens (including phenoxy) is 2. The molecule has 12 nitrogen and oxygen atoms in total. The van der Waals surface area contributed by atoms with E-state index in [-0.39, 0.29) is 12.1 Å². The summed E-state index contributed by atoms with van der Waals surface area (Å²) in [7, 11) is -1.20. The van der Waals surface area contributed by atoms with Crippen molar-refractivity contribution >= 4 is 42.4 Å². The first kappa shape index (κ1) is 29.9. The molecule has 3 aromatic heterocycles. The topological polar surface area (TPSA) is 131 Å². The average molecular weight is 595 g/mol. The predicted octanol–water partition coefficient (Wildman–Crippen LogP) is 4.53. The van der Waals surface area contributed by atoms with E-state index in [0.29, 0.717) is 52.0 Å². The van der Waals surface area contributed by atoms with Gasteiger partial charge in [0.25, 0.3) is 0 Å². The van der Waals surface area contributed by atoms with Gasteiger partial charge in [0.2, 0.25) is 0 Å². The second-order valence-corrected chi connectivity index (χ2v) is 17.9. The first-order valence-electron chi connectivity index (χ1n) is 14.6. The van der Waals surface area contributed by atoms with Gasteiger partial charge in [-0.1, -0.05) is 31.8 Å². The highest BCUT2D eigenvalue weighted by Gasteiger charge is 2.33. The maximum absolute atomic E-state index is 11.7. The van der Waals surface area contributed by atoms with E-state index in [1.165, 1.54) is 4.90 Å². The zero-order chi connectivity index (χ0) is 29.9. The zero-order valence-corrected chi connectivity index (χ0v) is 26.2. The third-order valence-corrected chi connectivity index (χ3v) is 9.40. The minimum absolute atomic E-state index is 0.127. The normalized spacial score (nSPS) is 19.7. The first-order chi connectivity index (χ1) is 20.1. The maximum atomic E-state index is 11.7. The van der Waals surface area contributed by atoms with E-state index in [1.807, 2.05) is 36.7 Å². The van der Waals surface area contributed by atoms with Crippen LogP contribution in [-0.2, 0) is 22.7 Å². The lowest BCUT2D eigenvalue weighted by Gasteiger charge is -2.43. The van der Waals surface area contributed by atoms with Gasteiger partial charge in [0.1, 0.15) is 30.4 Å². The Morgan fingerprint density at radius 1 is 1.19 bits per heavy atom. The summed E-state index contributed by atoms with van der Waals surface area (Å²) >= 11 is 0. The smallest absolute Gasteiger partial charge is 0.407 e. The van der Waals surface area contributed by atoms with Gasteiger partial charge >= 0.3 is 6.09 Å². The number of piperazine rings is 1. The molecule has 1 fully saturated rings. The number of hydrogen-bond acceptors (Lipinski definition) is 9. The van der Waals surface area contributed by atoms with Gasteiger partial charge in [-0.25, -0.2) is 24.4 Å². The van der Waals surface area contributed by atoms with Crippen molar-refractivity contribution in [3.05, 3.63) is 42.0 Å². The van der Waals surface area contributed by atoms with Gasteiger partial charge in [0, 0.05) is 27.8 Å². The molecule has 2 N–H and O–H groups in total. The van der Waals surface area contributed by atoms with Gasteiger partial charge in [-0.3, -0.25) is 4.90 Å². The number of aromatic nitrogens is 5. The lowest BCUT2D eigenvalue weighted by atomic mass is 10.1. The molecule has 0 spiro atoms. The number of pyridine rings is 1. The highest BCUT2D eigenvalue weighted by atomic mass is 28.3. The van der Waals surface area contributed by atoms with Crippen LogP contribution in [-0.4, -0.2) is 93.9 Å². The Hall–Kier alpha value is -3.55. The molecule has 226 valence electrons. The highest BCUT2D eigenvalue weighted by molar-refractivity contribution is 6.76. The fourth-order valence-electron chi connectivity index (χ4n) is 5.53. The molecule has 0 aliphatic carbocycles. The van der Waals surface area contributed by atoms with Crippen molar-refractivity contribution in [2.75, 3.05) is 43.1 Å². The van der Waals surface area contributed by atoms with Crippen molar-refractivity contribution in [2.45, 2.75) is 71.3 Å². The van der Waals surface area contributed by atoms with E-state index in [1.54, 1.807) is 6.33 Å². The molecule has 5 heterocycles. The Bertz CT molecular complexity index is 1430.